The van der Waals surface area contributed by atoms with Gasteiger partial charge in [-0.05, 0) is 23.3 Å². The molecule has 0 aliphatic heterocycles. The zero-order valence-corrected chi connectivity index (χ0v) is 26.1. The summed E-state index contributed by atoms with van der Waals surface area (Å²) in [7, 11) is 0.879. The van der Waals surface area contributed by atoms with Crippen LogP contribution in [0.25, 0.3) is 0 Å². The van der Waals surface area contributed by atoms with E-state index in [1.807, 2.05) is 12.5 Å². The summed E-state index contributed by atoms with van der Waals surface area (Å²) in [6.45, 7) is 0.613. The van der Waals surface area contributed by atoms with Crippen LogP contribution in [0, 0.1) is 0 Å². The summed E-state index contributed by atoms with van der Waals surface area (Å²) in [6.07, 6.45) is 8.65. The summed E-state index contributed by atoms with van der Waals surface area (Å²) in [5.41, 5.74) is 5.51. The van der Waals surface area contributed by atoms with Crippen LogP contribution in [0.4, 0.5) is 0 Å². The Kier molecular flexibility index (Phi) is 9.00. The van der Waals surface area contributed by atoms with Crippen LogP contribution in [0.1, 0.15) is 24.0 Å². The van der Waals surface area contributed by atoms with Gasteiger partial charge in [0.2, 0.25) is 6.71 Å². The normalized spacial score (nSPS) is 12.9. The minimum atomic E-state index is -0.826. The van der Waals surface area contributed by atoms with E-state index in [1.54, 1.807) is 7.11 Å². The number of imidazole rings is 1. The Balaban J connectivity index is 0.000000174. The number of aromatic nitrogens is 2. The van der Waals surface area contributed by atoms with Crippen LogP contribution < -0.4 is 20.8 Å². The molecule has 0 amide bonds. The Morgan fingerprint density at radius 3 is 1.58 bits per heavy atom. The quantitative estimate of drug-likeness (QED) is 0.210. The Labute approximate surface area is 258 Å². The molecule has 1 saturated carbocycles. The van der Waals surface area contributed by atoms with Crippen molar-refractivity contribution in [1.29, 1.82) is 0 Å². The largest absolute Gasteiger partial charge is 0.497 e. The first-order chi connectivity index (χ1) is 21.3. The van der Waals surface area contributed by atoms with Crippen molar-refractivity contribution < 1.29 is 4.74 Å². The van der Waals surface area contributed by atoms with Gasteiger partial charge >= 0.3 is 0 Å². The van der Waals surface area contributed by atoms with Crippen LogP contribution >= 0.6 is 0 Å². The van der Waals surface area contributed by atoms with Crippen molar-refractivity contribution in [3.8, 4) is 5.75 Å². The number of benzene rings is 5. The average molecular weight is 577 g/mol. The predicted molar refractivity (Wildman–Crippen MR) is 183 cm³/mol. The van der Waals surface area contributed by atoms with Crippen molar-refractivity contribution in [3.05, 3.63) is 175 Å². The van der Waals surface area contributed by atoms with Gasteiger partial charge in [0, 0.05) is 12.4 Å². The zero-order valence-electron chi connectivity index (χ0n) is 24.7. The molecule has 0 saturated heterocycles. The predicted octanol–water partition coefficient (Wildman–Crippen LogP) is 5.60. The third kappa shape index (κ3) is 6.58. The molecular formula is C38H37BN2OSi. The lowest BCUT2D eigenvalue weighted by molar-refractivity contribution is 0.415. The summed E-state index contributed by atoms with van der Waals surface area (Å²) >= 11 is 0. The fourth-order valence-corrected chi connectivity index (χ4v) is 8.51. The Bertz CT molecular complexity index is 1580. The third-order valence-corrected chi connectivity index (χ3v) is 11.1. The molecule has 7 rings (SSSR count). The first-order valence-corrected chi connectivity index (χ1v) is 16.5. The summed E-state index contributed by atoms with van der Waals surface area (Å²) in [4.78, 5) is 4.37. The monoisotopic (exact) mass is 576 g/mol. The smallest absolute Gasteiger partial charge is 0.212 e. The van der Waals surface area contributed by atoms with Gasteiger partial charge in [-0.15, -0.1) is 0 Å². The maximum Gasteiger partial charge on any atom is 0.212 e. The maximum atomic E-state index is 5.34. The van der Waals surface area contributed by atoms with E-state index in [0.29, 0.717) is 6.71 Å². The van der Waals surface area contributed by atoms with Gasteiger partial charge in [0.05, 0.1) is 28.1 Å². The minimum absolute atomic E-state index is 0.242. The molecule has 0 spiro atoms. The third-order valence-electron chi connectivity index (χ3n) is 8.48. The number of hydrogen-bond donors (Lipinski definition) is 0. The van der Waals surface area contributed by atoms with Gasteiger partial charge in [-0.2, -0.15) is 0 Å². The highest BCUT2D eigenvalue weighted by molar-refractivity contribution is 6.86. The highest BCUT2D eigenvalue weighted by atomic mass is 28.2. The molecule has 1 fully saturated rings. The minimum Gasteiger partial charge on any atom is -0.497 e. The fraction of sp³-hybridized carbons (Fsp3) is 0.132. The van der Waals surface area contributed by atoms with E-state index in [4.69, 9.17) is 4.74 Å². The van der Waals surface area contributed by atoms with Crippen LogP contribution in [0.3, 0.4) is 0 Å². The molecule has 0 N–H and O–H groups in total. The van der Waals surface area contributed by atoms with E-state index in [1.165, 1.54) is 40.1 Å². The van der Waals surface area contributed by atoms with Crippen molar-refractivity contribution in [2.24, 2.45) is 0 Å². The van der Waals surface area contributed by atoms with Crippen molar-refractivity contribution in [1.82, 2.24) is 9.55 Å². The van der Waals surface area contributed by atoms with E-state index in [0.717, 1.165) is 11.6 Å². The molecule has 6 aromatic rings. The van der Waals surface area contributed by atoms with Crippen LogP contribution in [0.5, 0.6) is 5.75 Å². The van der Waals surface area contributed by atoms with Crippen molar-refractivity contribution in [3.63, 3.8) is 0 Å². The number of methoxy groups -OCH3 is 1. The van der Waals surface area contributed by atoms with E-state index >= 15 is 0 Å². The Hall–Kier alpha value is -4.61. The summed E-state index contributed by atoms with van der Waals surface area (Å²) in [5.74, 6) is 1.75. The second-order valence-electron chi connectivity index (χ2n) is 11.2. The van der Waals surface area contributed by atoms with Crippen molar-refractivity contribution in [2.75, 3.05) is 7.11 Å². The van der Waals surface area contributed by atoms with Gasteiger partial charge in [0.25, 0.3) is 0 Å². The van der Waals surface area contributed by atoms with Gasteiger partial charge < -0.3 is 9.30 Å². The Morgan fingerprint density at radius 1 is 0.674 bits per heavy atom. The molecule has 212 valence electrons. The van der Waals surface area contributed by atoms with E-state index in [-0.39, 0.29) is 5.16 Å². The molecule has 5 aromatic carbocycles. The van der Waals surface area contributed by atoms with Crippen molar-refractivity contribution >= 4 is 32.3 Å². The zero-order chi connectivity index (χ0) is 29.3. The molecule has 3 nitrogen and oxygen atoms in total. The summed E-state index contributed by atoms with van der Waals surface area (Å²) < 4.78 is 7.61. The van der Waals surface area contributed by atoms with Crippen LogP contribution in [0.15, 0.2) is 164 Å². The van der Waals surface area contributed by atoms with Gasteiger partial charge in [0.1, 0.15) is 5.75 Å². The van der Waals surface area contributed by atoms with Crippen LogP contribution in [-0.2, 0) is 5.16 Å². The molecule has 0 bridgehead atoms. The van der Waals surface area contributed by atoms with E-state index in [2.05, 4.69) is 161 Å². The van der Waals surface area contributed by atoms with Gasteiger partial charge in [-0.1, -0.05) is 168 Å². The average Bonchev–Trinajstić information content (AvgIpc) is 3.76. The lowest BCUT2D eigenvalue weighted by Crippen LogP contribution is -2.46. The lowest BCUT2D eigenvalue weighted by Gasteiger charge is -2.37. The van der Waals surface area contributed by atoms with Crippen molar-refractivity contribution in [2.45, 2.75) is 23.8 Å². The molecule has 1 aromatic heterocycles. The first kappa shape index (κ1) is 28.5. The second kappa shape index (κ2) is 13.6. The van der Waals surface area contributed by atoms with Crippen LogP contribution in [-0.4, -0.2) is 32.9 Å². The van der Waals surface area contributed by atoms with E-state index < -0.39 is 9.52 Å². The number of rotatable bonds is 9. The maximum absolute atomic E-state index is 5.34. The Morgan fingerprint density at radius 2 is 1.16 bits per heavy atom. The number of nitrogens with zero attached hydrogens (tertiary/aromatic N) is 2. The topological polar surface area (TPSA) is 27.1 Å². The molecular weight excluding hydrogens is 539 g/mol. The molecule has 1 aliphatic carbocycles. The molecule has 5 heteroatoms. The lowest BCUT2D eigenvalue weighted by atomic mass is 9.37. The molecule has 0 atom stereocenters. The molecule has 1 heterocycles. The highest BCUT2D eigenvalue weighted by Crippen LogP contribution is 2.38. The molecule has 0 unspecified atom stereocenters. The molecule has 0 radical (unpaired) electrons. The first-order valence-electron chi connectivity index (χ1n) is 15.1. The van der Waals surface area contributed by atoms with E-state index in [9.17, 15) is 0 Å². The van der Waals surface area contributed by atoms with Gasteiger partial charge in [-0.3, -0.25) is 0 Å². The van der Waals surface area contributed by atoms with Gasteiger partial charge in [0.15, 0.2) is 0 Å². The van der Waals surface area contributed by atoms with Gasteiger partial charge in [-0.25, -0.2) is 4.98 Å². The number of hydrogen-bond acceptors (Lipinski definition) is 2. The summed E-state index contributed by atoms with van der Waals surface area (Å²) in [6, 6.07) is 51.8. The highest BCUT2D eigenvalue weighted by Gasteiger charge is 2.37. The standard InChI is InChI=1S/C23H22N2OSi.C15H15B/c1-26-21-12-14-22(15-13-21)27-23(25-17-16-24-18-25,19-8-4-2-5-9-19)20-10-6-3-7-11-20;1-3-7-13(8-4-1)16(15-11-12-15)14-9-5-2-6-10-14/h2-18H,27H2,1H3;1-10,15H,11-12H2. The van der Waals surface area contributed by atoms with Crippen LogP contribution in [0.2, 0.25) is 5.82 Å². The molecule has 43 heavy (non-hydrogen) atoms. The fourth-order valence-electron chi connectivity index (χ4n) is 6.20. The number of ether oxygens (including phenoxy) is 1. The SMILES string of the molecule is COc1ccc([SiH2]C(c2ccccc2)(c2ccccc2)n2ccnc2)cc1.c1ccc(B(c2ccccc2)C2CC2)cc1. The molecule has 1 aliphatic rings. The summed E-state index contributed by atoms with van der Waals surface area (Å²) in [5, 5.41) is 1.13. The second-order valence-corrected chi connectivity index (χ2v) is 13.4.